The molecule has 16 heteroatoms. The Balaban J connectivity index is 1.99. The van der Waals surface area contributed by atoms with Crippen LogP contribution in [0, 0.1) is 10.1 Å². The number of likely N-dealkylation sites (N-methyl/N-ethyl adjacent to an activating group) is 1. The molecule has 0 saturated carbocycles. The molecule has 1 aliphatic heterocycles. The number of amides is 1. The molecule has 2 aromatic rings. The van der Waals surface area contributed by atoms with Crippen molar-refractivity contribution in [1.82, 2.24) is 9.21 Å². The average molecular weight is 563 g/mol. The van der Waals surface area contributed by atoms with Crippen LogP contribution in [0.15, 0.2) is 38.8 Å². The van der Waals surface area contributed by atoms with Crippen molar-refractivity contribution in [3.63, 3.8) is 0 Å². The number of rotatable bonds is 11. The molecule has 0 saturated heterocycles. The summed E-state index contributed by atoms with van der Waals surface area (Å²) < 4.78 is 56.4. The van der Waals surface area contributed by atoms with Gasteiger partial charge in [-0.3, -0.25) is 4.79 Å². The Hall–Kier alpha value is -2.63. The molecule has 1 amide bonds. The van der Waals surface area contributed by atoms with E-state index in [9.17, 15) is 31.7 Å². The van der Waals surface area contributed by atoms with Crippen LogP contribution in [0.4, 0.5) is 0 Å². The summed E-state index contributed by atoms with van der Waals surface area (Å²) in [5, 5.41) is 14.8. The van der Waals surface area contributed by atoms with Gasteiger partial charge in [0.25, 0.3) is 21.0 Å². The minimum absolute atomic E-state index is 0.0752. The van der Waals surface area contributed by atoms with Crippen molar-refractivity contribution in [2.45, 2.75) is 34.4 Å². The molecule has 198 valence electrons. The fourth-order valence-electron chi connectivity index (χ4n) is 3.85. The Kier molecular flexibility index (Phi) is 8.68. The number of carbonyl (C=O) groups excluding carboxylic acids is 1. The third kappa shape index (κ3) is 6.01. The maximum absolute atomic E-state index is 13.5. The van der Waals surface area contributed by atoms with Crippen LogP contribution >= 0.6 is 11.3 Å². The lowest BCUT2D eigenvalue weighted by Gasteiger charge is -2.38. The van der Waals surface area contributed by atoms with Crippen molar-refractivity contribution < 1.29 is 36.3 Å². The molecule has 1 aromatic heterocycles. The van der Waals surface area contributed by atoms with Crippen molar-refractivity contribution in [2.24, 2.45) is 5.14 Å². The largest absolute Gasteiger partial charge is 0.385 e. The van der Waals surface area contributed by atoms with Crippen LogP contribution in [0.5, 0.6) is 0 Å². The first-order chi connectivity index (χ1) is 16.9. The number of ether oxygens (including phenoxy) is 1. The average Bonchev–Trinajstić information content (AvgIpc) is 3.29. The number of carbonyl (C=O) groups is 1. The molecule has 1 aromatic carbocycles. The molecule has 0 bridgehead atoms. The van der Waals surface area contributed by atoms with Gasteiger partial charge in [0.05, 0.1) is 6.04 Å². The highest BCUT2D eigenvalue weighted by molar-refractivity contribution is 7.94. The number of hydrogen-bond acceptors (Lipinski definition) is 10. The zero-order valence-corrected chi connectivity index (χ0v) is 22.0. The molecular formula is C20H26N4O9S3. The number of sulfonamides is 2. The first-order valence-electron chi connectivity index (χ1n) is 10.7. The van der Waals surface area contributed by atoms with Crippen LogP contribution in [0.25, 0.3) is 0 Å². The Morgan fingerprint density at radius 3 is 2.56 bits per heavy atom. The van der Waals surface area contributed by atoms with Crippen LogP contribution in [0.1, 0.15) is 40.9 Å². The second kappa shape index (κ2) is 11.2. The van der Waals surface area contributed by atoms with Gasteiger partial charge in [0, 0.05) is 44.5 Å². The number of hydrogen-bond donors (Lipinski definition) is 1. The van der Waals surface area contributed by atoms with Gasteiger partial charge in [-0.2, -0.15) is 4.31 Å². The molecule has 2 heterocycles. The highest BCUT2D eigenvalue weighted by atomic mass is 32.3. The number of nitrogens with zero attached hydrogens (tertiary/aromatic N) is 3. The predicted octanol–water partition coefficient (Wildman–Crippen LogP) is 1.35. The van der Waals surface area contributed by atoms with Crippen molar-refractivity contribution in [1.29, 1.82) is 0 Å². The first-order valence-corrected chi connectivity index (χ1v) is 14.5. The minimum Gasteiger partial charge on any atom is -0.385 e. The van der Waals surface area contributed by atoms with E-state index < -0.39 is 37.1 Å². The SMILES string of the molecule is CCN(C(=O)c1ccc(CO[N+](=O)[O-])cc1)[C@H]1CN(CCCOC)S(=O)(=O)c2sc(S(N)(=O)=O)cc21. The summed E-state index contributed by atoms with van der Waals surface area (Å²) >= 11 is 0.560. The highest BCUT2D eigenvalue weighted by Crippen LogP contribution is 2.42. The zero-order chi connectivity index (χ0) is 26.7. The van der Waals surface area contributed by atoms with Gasteiger partial charge in [-0.15, -0.1) is 21.5 Å². The maximum Gasteiger partial charge on any atom is 0.294 e. The van der Waals surface area contributed by atoms with Crippen LogP contribution < -0.4 is 5.14 Å². The van der Waals surface area contributed by atoms with E-state index >= 15 is 0 Å². The Morgan fingerprint density at radius 1 is 1.33 bits per heavy atom. The Labute approximate surface area is 212 Å². The van der Waals surface area contributed by atoms with Gasteiger partial charge in [-0.25, -0.2) is 22.0 Å². The number of benzene rings is 1. The second-order valence-corrected chi connectivity index (χ2v) is 12.8. The normalized spacial score (nSPS) is 17.4. The summed E-state index contributed by atoms with van der Waals surface area (Å²) in [6.45, 7) is 2.01. The van der Waals surface area contributed by atoms with E-state index in [1.165, 1.54) is 46.6 Å². The Bertz CT molecular complexity index is 1320. The first kappa shape index (κ1) is 27.9. The summed E-state index contributed by atoms with van der Waals surface area (Å²) in [6.07, 6.45) is 0.402. The minimum atomic E-state index is -4.18. The maximum atomic E-state index is 13.5. The lowest BCUT2D eigenvalue weighted by molar-refractivity contribution is -0.763. The summed E-state index contributed by atoms with van der Waals surface area (Å²) in [7, 11) is -6.70. The lowest BCUT2D eigenvalue weighted by Crippen LogP contribution is -2.47. The number of fused-ring (bicyclic) bond motifs is 1. The lowest BCUT2D eigenvalue weighted by atomic mass is 10.1. The summed E-state index contributed by atoms with van der Waals surface area (Å²) in [5.74, 6) is -0.422. The monoisotopic (exact) mass is 562 g/mol. The zero-order valence-electron chi connectivity index (χ0n) is 19.5. The van der Waals surface area contributed by atoms with E-state index in [4.69, 9.17) is 9.88 Å². The van der Waals surface area contributed by atoms with Crippen molar-refractivity contribution >= 4 is 37.3 Å². The van der Waals surface area contributed by atoms with Crippen LogP contribution in [0.2, 0.25) is 0 Å². The molecular weight excluding hydrogens is 536 g/mol. The van der Waals surface area contributed by atoms with E-state index in [1.807, 2.05) is 0 Å². The van der Waals surface area contributed by atoms with E-state index in [0.717, 1.165) is 0 Å². The van der Waals surface area contributed by atoms with Crippen molar-refractivity contribution in [2.75, 3.05) is 33.4 Å². The van der Waals surface area contributed by atoms with Crippen LogP contribution in [0.3, 0.4) is 0 Å². The molecule has 3 rings (SSSR count). The topological polar surface area (TPSA) is 179 Å². The fourth-order valence-corrected chi connectivity index (χ4v) is 8.14. The van der Waals surface area contributed by atoms with Crippen LogP contribution in [-0.2, 0) is 36.2 Å². The summed E-state index contributed by atoms with van der Waals surface area (Å²) in [5.41, 5.74) is 0.944. The Morgan fingerprint density at radius 2 is 2.00 bits per heavy atom. The van der Waals surface area contributed by atoms with Gasteiger partial charge in [-0.1, -0.05) is 12.1 Å². The van der Waals surface area contributed by atoms with E-state index in [1.54, 1.807) is 6.92 Å². The van der Waals surface area contributed by atoms with Gasteiger partial charge < -0.3 is 14.5 Å². The standard InChI is InChI=1S/C20H26N4O9S3/c1-3-23(19(25)15-7-5-14(6-8-15)13-33-24(26)27)17-12-22(9-4-10-32-2)36(30,31)20-16(17)11-18(34-20)35(21,28)29/h5-8,11,17H,3-4,9-10,12-13H2,1-2H3,(H2,21,28,29)/t17-/m0/s1. The van der Waals surface area contributed by atoms with Gasteiger partial charge in [0.2, 0.25) is 10.0 Å². The summed E-state index contributed by atoms with van der Waals surface area (Å²) in [4.78, 5) is 29.6. The third-order valence-electron chi connectivity index (χ3n) is 5.56. The number of primary sulfonamides is 1. The number of thiophene rings is 1. The van der Waals surface area contributed by atoms with Gasteiger partial charge in [0.15, 0.2) is 0 Å². The molecule has 0 aliphatic carbocycles. The third-order valence-corrected chi connectivity index (χ3v) is 10.5. The van der Waals surface area contributed by atoms with Crippen molar-refractivity contribution in [3.05, 3.63) is 57.1 Å². The molecule has 0 fully saturated rings. The molecule has 0 unspecified atom stereocenters. The smallest absolute Gasteiger partial charge is 0.294 e. The molecule has 0 radical (unpaired) electrons. The fraction of sp³-hybridized carbons (Fsp3) is 0.450. The second-order valence-electron chi connectivity index (χ2n) is 7.86. The highest BCUT2D eigenvalue weighted by Gasteiger charge is 2.43. The summed E-state index contributed by atoms with van der Waals surface area (Å²) in [6, 6.07) is 6.46. The number of nitrogens with two attached hydrogens (primary N) is 1. The molecule has 1 atom stereocenters. The number of methoxy groups -OCH3 is 1. The van der Waals surface area contributed by atoms with Gasteiger partial charge in [-0.05, 0) is 37.1 Å². The predicted molar refractivity (Wildman–Crippen MR) is 129 cm³/mol. The van der Waals surface area contributed by atoms with Gasteiger partial charge >= 0.3 is 0 Å². The van der Waals surface area contributed by atoms with Crippen molar-refractivity contribution in [3.8, 4) is 0 Å². The molecule has 13 nitrogen and oxygen atoms in total. The van der Waals surface area contributed by atoms with E-state index in [2.05, 4.69) is 4.84 Å². The van der Waals surface area contributed by atoms with Gasteiger partial charge in [0.1, 0.15) is 15.0 Å². The quantitative estimate of drug-likeness (QED) is 0.240. The molecule has 36 heavy (non-hydrogen) atoms. The van der Waals surface area contributed by atoms with Crippen LogP contribution in [-0.4, -0.2) is 70.4 Å². The van der Waals surface area contributed by atoms with E-state index in [-0.39, 0.29) is 45.8 Å². The molecule has 1 aliphatic rings. The van der Waals surface area contributed by atoms with E-state index in [0.29, 0.717) is 29.9 Å². The molecule has 2 N–H and O–H groups in total. The molecule has 0 spiro atoms.